The minimum absolute atomic E-state index is 0.0110. The Labute approximate surface area is 382 Å². The predicted molar refractivity (Wildman–Crippen MR) is 257 cm³/mol. The molecule has 0 aliphatic carbocycles. The third kappa shape index (κ3) is 36.4. The second-order valence-electron chi connectivity index (χ2n) is 19.3. The summed E-state index contributed by atoms with van der Waals surface area (Å²) in [7, 11) is 1.41. The zero-order valence-corrected chi connectivity index (χ0v) is 41.8. The van der Waals surface area contributed by atoms with Crippen molar-refractivity contribution in [3.05, 3.63) is 0 Å². The molecule has 0 saturated carbocycles. The lowest BCUT2D eigenvalue weighted by molar-refractivity contribution is -0.149. The highest BCUT2D eigenvalue weighted by Crippen LogP contribution is 2.22. The molecule has 0 saturated heterocycles. The van der Waals surface area contributed by atoms with E-state index in [0.29, 0.717) is 65.1 Å². The van der Waals surface area contributed by atoms with E-state index in [9.17, 15) is 24.6 Å². The Hall–Kier alpha value is -1.91. The van der Waals surface area contributed by atoms with Crippen molar-refractivity contribution < 1.29 is 38.8 Å². The molecule has 10 heteroatoms. The summed E-state index contributed by atoms with van der Waals surface area (Å²) in [6, 6.07) is 0. The maximum atomic E-state index is 13.1. The van der Waals surface area contributed by atoms with E-state index in [1.54, 1.807) is 4.90 Å². The Bertz CT molecular complexity index is 1020. The van der Waals surface area contributed by atoms with Crippen LogP contribution in [0.15, 0.2) is 0 Å². The number of hydrogen-bond acceptors (Lipinski definition) is 9. The number of amides is 1. The molecular weight excluding hydrogens is 781 g/mol. The number of nitrogens with zero attached hydrogens (tertiary/aromatic N) is 2. The van der Waals surface area contributed by atoms with Crippen LogP contribution in [0, 0.1) is 5.92 Å². The van der Waals surface area contributed by atoms with Crippen molar-refractivity contribution in [2.45, 2.75) is 265 Å². The molecule has 0 spiro atoms. The van der Waals surface area contributed by atoms with Crippen LogP contribution < -0.4 is 0 Å². The van der Waals surface area contributed by atoms with E-state index in [1.165, 1.54) is 116 Å². The molecule has 0 radical (unpaired) electrons. The fourth-order valence-electron chi connectivity index (χ4n) is 8.28. The molecule has 0 aliphatic heterocycles. The normalized spacial score (nSPS) is 12.8. The molecule has 10 nitrogen and oxygen atoms in total. The molecule has 1 amide bonds. The lowest BCUT2D eigenvalue weighted by atomic mass is 9.94. The van der Waals surface area contributed by atoms with Crippen LogP contribution in [-0.4, -0.2) is 102 Å². The highest BCUT2D eigenvalue weighted by Gasteiger charge is 2.27. The smallest absolute Gasteiger partial charge is 0.409 e. The van der Waals surface area contributed by atoms with Gasteiger partial charge in [0.25, 0.3) is 0 Å². The van der Waals surface area contributed by atoms with Crippen LogP contribution in [0.1, 0.15) is 247 Å². The lowest BCUT2D eigenvalue weighted by Gasteiger charge is -2.34. The minimum atomic E-state index is -0.611. The monoisotopic (exact) mass is 883 g/mol. The quantitative estimate of drug-likeness (QED) is 0.0349. The summed E-state index contributed by atoms with van der Waals surface area (Å²) in [5.74, 6) is -0.166. The summed E-state index contributed by atoms with van der Waals surface area (Å²) < 4.78 is 16.3. The first kappa shape index (κ1) is 60.1. The third-order valence-corrected chi connectivity index (χ3v) is 12.2. The number of unbranched alkanes of at least 4 members (excludes halogenated alkanes) is 21. The number of rotatable bonds is 44. The summed E-state index contributed by atoms with van der Waals surface area (Å²) in [6.07, 6.45) is 32.2. The number of aliphatic hydroxyl groups excluding tert-OH is 2. The second kappa shape index (κ2) is 41.8. The molecule has 0 heterocycles. The number of ether oxygens (including phenoxy) is 3. The first-order valence-corrected chi connectivity index (χ1v) is 26.2. The van der Waals surface area contributed by atoms with Crippen LogP contribution >= 0.6 is 0 Å². The van der Waals surface area contributed by atoms with Crippen LogP contribution in [0.4, 0.5) is 4.79 Å². The highest BCUT2D eigenvalue weighted by atomic mass is 16.5. The maximum Gasteiger partial charge on any atom is 0.409 e. The van der Waals surface area contributed by atoms with Crippen molar-refractivity contribution in [1.82, 2.24) is 9.80 Å². The summed E-state index contributed by atoms with van der Waals surface area (Å²) >= 11 is 0. The Morgan fingerprint density at radius 3 is 1.42 bits per heavy atom. The Balaban J connectivity index is 4.86. The fourth-order valence-corrected chi connectivity index (χ4v) is 8.28. The van der Waals surface area contributed by atoms with Crippen molar-refractivity contribution in [1.29, 1.82) is 0 Å². The van der Waals surface area contributed by atoms with Gasteiger partial charge in [0.15, 0.2) is 0 Å². The SMILES string of the molecule is CCCCCCCCCCCC(=O)OCCCC(O)CN(CCCCN(C(=O)OC)C(C)(C)C)CC(O)CCCCCOC(=O)C(CCCCCCCC)CCCCCCCC. The maximum absolute atomic E-state index is 13.1. The number of carbonyl (C=O) groups is 3. The van der Waals surface area contributed by atoms with Crippen molar-refractivity contribution in [3.8, 4) is 0 Å². The van der Waals surface area contributed by atoms with Crippen LogP contribution in [0.25, 0.3) is 0 Å². The molecule has 62 heavy (non-hydrogen) atoms. The van der Waals surface area contributed by atoms with Gasteiger partial charge in [0, 0.05) is 31.6 Å². The van der Waals surface area contributed by atoms with Crippen LogP contribution in [0.2, 0.25) is 0 Å². The predicted octanol–water partition coefficient (Wildman–Crippen LogP) is 13.1. The molecule has 0 aromatic heterocycles. The molecule has 2 N–H and O–H groups in total. The van der Waals surface area contributed by atoms with Gasteiger partial charge in [-0.2, -0.15) is 0 Å². The van der Waals surface area contributed by atoms with E-state index in [0.717, 1.165) is 70.6 Å². The summed E-state index contributed by atoms with van der Waals surface area (Å²) in [6.45, 7) is 15.5. The molecule has 0 fully saturated rings. The standard InChI is InChI=1S/C52H102N2O8/c1-8-11-14-17-20-21-22-25-30-39-49(57)61-43-34-38-48(56)45-53(40-31-32-41-54(51(59)60-7)52(4,5)6)44-47(55)37-29-26-33-42-62-50(58)46(35-27-23-18-15-12-9-2)36-28-24-19-16-13-10-3/h46-48,55-56H,8-45H2,1-7H3. The van der Waals surface area contributed by atoms with Crippen LogP contribution in [0.3, 0.4) is 0 Å². The van der Waals surface area contributed by atoms with Gasteiger partial charge in [0.1, 0.15) is 0 Å². The van der Waals surface area contributed by atoms with Gasteiger partial charge in [-0.25, -0.2) is 4.79 Å². The third-order valence-electron chi connectivity index (χ3n) is 12.2. The van der Waals surface area contributed by atoms with E-state index >= 15 is 0 Å². The number of aliphatic hydroxyl groups is 2. The van der Waals surface area contributed by atoms with Gasteiger partial charge < -0.3 is 29.3 Å². The van der Waals surface area contributed by atoms with E-state index < -0.39 is 12.2 Å². The average Bonchev–Trinajstić information content (AvgIpc) is 3.23. The van der Waals surface area contributed by atoms with Crippen molar-refractivity contribution >= 4 is 18.0 Å². The molecule has 0 aromatic carbocycles. The molecule has 368 valence electrons. The lowest BCUT2D eigenvalue weighted by Crippen LogP contribution is -2.46. The van der Waals surface area contributed by atoms with E-state index in [1.807, 2.05) is 20.8 Å². The van der Waals surface area contributed by atoms with Crippen molar-refractivity contribution in [3.63, 3.8) is 0 Å². The minimum Gasteiger partial charge on any atom is -0.466 e. The van der Waals surface area contributed by atoms with E-state index in [2.05, 4.69) is 25.7 Å². The van der Waals surface area contributed by atoms with Crippen LogP contribution in [-0.2, 0) is 23.8 Å². The summed E-state index contributed by atoms with van der Waals surface area (Å²) in [5.41, 5.74) is -0.364. The van der Waals surface area contributed by atoms with Gasteiger partial charge in [-0.3, -0.25) is 14.5 Å². The number of hydrogen-bond donors (Lipinski definition) is 2. The Kier molecular flexibility index (Phi) is 40.5. The van der Waals surface area contributed by atoms with Gasteiger partial charge in [0.2, 0.25) is 0 Å². The number of esters is 2. The van der Waals surface area contributed by atoms with Crippen molar-refractivity contribution in [2.24, 2.45) is 5.92 Å². The summed E-state index contributed by atoms with van der Waals surface area (Å²) in [4.78, 5) is 41.7. The highest BCUT2D eigenvalue weighted by molar-refractivity contribution is 5.72. The first-order chi connectivity index (χ1) is 29.9. The van der Waals surface area contributed by atoms with E-state index in [-0.39, 0.29) is 29.5 Å². The molecule has 2 atom stereocenters. The largest absolute Gasteiger partial charge is 0.466 e. The summed E-state index contributed by atoms with van der Waals surface area (Å²) in [5, 5.41) is 22.1. The van der Waals surface area contributed by atoms with Gasteiger partial charge in [-0.05, 0) is 91.5 Å². The zero-order chi connectivity index (χ0) is 46.1. The van der Waals surface area contributed by atoms with Gasteiger partial charge >= 0.3 is 18.0 Å². The topological polar surface area (TPSA) is 126 Å². The molecule has 0 aliphatic rings. The molecule has 0 aromatic rings. The second-order valence-corrected chi connectivity index (χ2v) is 19.3. The van der Waals surface area contributed by atoms with Crippen LogP contribution in [0.5, 0.6) is 0 Å². The average molecular weight is 883 g/mol. The fraction of sp³-hybridized carbons (Fsp3) is 0.942. The van der Waals surface area contributed by atoms with Crippen molar-refractivity contribution in [2.75, 3.05) is 46.5 Å². The molecule has 2 unspecified atom stereocenters. The number of methoxy groups -OCH3 is 1. The number of carbonyl (C=O) groups excluding carboxylic acids is 3. The molecule has 0 rings (SSSR count). The first-order valence-electron chi connectivity index (χ1n) is 26.2. The molecule has 0 bridgehead atoms. The van der Waals surface area contributed by atoms with E-state index in [4.69, 9.17) is 14.2 Å². The zero-order valence-electron chi connectivity index (χ0n) is 41.8. The van der Waals surface area contributed by atoms with Gasteiger partial charge in [-0.15, -0.1) is 0 Å². The van der Waals surface area contributed by atoms with Gasteiger partial charge in [0.05, 0.1) is 38.4 Å². The molecular formula is C52H102N2O8. The Morgan fingerprint density at radius 1 is 0.500 bits per heavy atom. The Morgan fingerprint density at radius 2 is 0.919 bits per heavy atom. The van der Waals surface area contributed by atoms with Gasteiger partial charge in [-0.1, -0.05) is 156 Å².